The highest BCUT2D eigenvalue weighted by Crippen LogP contribution is 2.17. The summed E-state index contributed by atoms with van der Waals surface area (Å²) in [5.74, 6) is -0.620. The summed E-state index contributed by atoms with van der Waals surface area (Å²) in [4.78, 5) is 36.1. The van der Waals surface area contributed by atoms with Gasteiger partial charge in [-0.25, -0.2) is 4.79 Å². The lowest BCUT2D eigenvalue weighted by atomic mass is 9.99. The van der Waals surface area contributed by atoms with Crippen LogP contribution in [0.1, 0.15) is 46.0 Å². The predicted octanol–water partition coefficient (Wildman–Crippen LogP) is 1.61. The lowest BCUT2D eigenvalue weighted by Gasteiger charge is -2.33. The molecule has 0 bridgehead atoms. The summed E-state index contributed by atoms with van der Waals surface area (Å²) >= 11 is 0. The smallest absolute Gasteiger partial charge is 0.407 e. The fraction of sp³-hybridized carbons (Fsp3) is 0.800. The van der Waals surface area contributed by atoms with Crippen LogP contribution < -0.4 is 5.32 Å². The van der Waals surface area contributed by atoms with E-state index in [-0.39, 0.29) is 18.9 Å². The Balaban J connectivity index is 2.54. The number of ether oxygens (including phenoxy) is 1. The van der Waals surface area contributed by atoms with E-state index in [2.05, 4.69) is 12.2 Å². The highest BCUT2D eigenvalue weighted by atomic mass is 16.5. The zero-order chi connectivity index (χ0) is 16.5. The van der Waals surface area contributed by atoms with Crippen LogP contribution in [0.4, 0.5) is 4.79 Å². The van der Waals surface area contributed by atoms with Crippen LogP contribution in [0.3, 0.4) is 0 Å². The molecule has 7 heteroatoms. The Labute approximate surface area is 131 Å². The molecule has 0 saturated carbocycles. The number of likely N-dealkylation sites (tertiary alicyclic amines) is 1. The van der Waals surface area contributed by atoms with Gasteiger partial charge in [-0.05, 0) is 18.8 Å². The molecule has 0 spiro atoms. The number of rotatable bonds is 8. The first-order valence-electron chi connectivity index (χ1n) is 7.85. The number of carbonyl (C=O) groups excluding carboxylic acids is 2. The number of amides is 2. The summed E-state index contributed by atoms with van der Waals surface area (Å²) in [5.41, 5.74) is 0. The van der Waals surface area contributed by atoms with Gasteiger partial charge < -0.3 is 20.1 Å². The van der Waals surface area contributed by atoms with Crippen molar-refractivity contribution in [3.63, 3.8) is 0 Å². The van der Waals surface area contributed by atoms with Gasteiger partial charge in [0.05, 0.1) is 19.1 Å². The van der Waals surface area contributed by atoms with Gasteiger partial charge in [-0.2, -0.15) is 0 Å². The Morgan fingerprint density at radius 1 is 1.50 bits per heavy atom. The first kappa shape index (κ1) is 18.3. The molecule has 0 radical (unpaired) electrons. The molecule has 0 aromatic rings. The van der Waals surface area contributed by atoms with Gasteiger partial charge in [0, 0.05) is 19.5 Å². The summed E-state index contributed by atoms with van der Waals surface area (Å²) in [5, 5.41) is 11.5. The van der Waals surface area contributed by atoms with E-state index in [1.54, 1.807) is 4.90 Å². The molecule has 2 amide bonds. The largest absolute Gasteiger partial charge is 0.481 e. The molecule has 0 aliphatic carbocycles. The normalized spacial score (nSPS) is 19.6. The van der Waals surface area contributed by atoms with Crippen LogP contribution >= 0.6 is 0 Å². The first-order chi connectivity index (χ1) is 10.4. The Morgan fingerprint density at radius 3 is 2.86 bits per heavy atom. The van der Waals surface area contributed by atoms with E-state index >= 15 is 0 Å². The van der Waals surface area contributed by atoms with Gasteiger partial charge in [-0.1, -0.05) is 20.3 Å². The van der Waals surface area contributed by atoms with Crippen molar-refractivity contribution in [3.05, 3.63) is 0 Å². The number of nitrogens with one attached hydrogen (secondary N) is 1. The number of carboxylic acid groups (broad SMARTS) is 1. The van der Waals surface area contributed by atoms with Crippen molar-refractivity contribution in [3.8, 4) is 0 Å². The predicted molar refractivity (Wildman–Crippen MR) is 80.4 cm³/mol. The molecule has 1 rings (SSSR count). The zero-order valence-corrected chi connectivity index (χ0v) is 13.3. The molecule has 126 valence electrons. The minimum atomic E-state index is -1.02. The molecule has 1 unspecified atom stereocenters. The van der Waals surface area contributed by atoms with Gasteiger partial charge in [0.1, 0.15) is 0 Å². The van der Waals surface area contributed by atoms with E-state index in [0.29, 0.717) is 25.5 Å². The van der Waals surface area contributed by atoms with Crippen LogP contribution in [-0.2, 0) is 14.3 Å². The van der Waals surface area contributed by atoms with E-state index in [4.69, 9.17) is 9.84 Å². The van der Waals surface area contributed by atoms with Crippen molar-refractivity contribution in [1.82, 2.24) is 10.2 Å². The Hall–Kier alpha value is -1.79. The Morgan fingerprint density at radius 2 is 2.23 bits per heavy atom. The summed E-state index contributed by atoms with van der Waals surface area (Å²) in [6.45, 7) is 5.15. The molecule has 1 heterocycles. The van der Waals surface area contributed by atoms with Crippen molar-refractivity contribution in [2.24, 2.45) is 5.92 Å². The average Bonchev–Trinajstić information content (AvgIpc) is 2.42. The lowest BCUT2D eigenvalue weighted by molar-refractivity contribution is -0.139. The summed E-state index contributed by atoms with van der Waals surface area (Å²) in [6.07, 6.45) is 2.14. The van der Waals surface area contributed by atoms with E-state index in [9.17, 15) is 14.4 Å². The summed E-state index contributed by atoms with van der Waals surface area (Å²) in [7, 11) is 0. The van der Waals surface area contributed by atoms with Crippen LogP contribution in [0, 0.1) is 5.92 Å². The summed E-state index contributed by atoms with van der Waals surface area (Å²) < 4.78 is 4.99. The second-order valence-corrected chi connectivity index (χ2v) is 5.87. The number of hydrogen-bond donors (Lipinski definition) is 2. The van der Waals surface area contributed by atoms with Gasteiger partial charge in [0.15, 0.2) is 0 Å². The van der Waals surface area contributed by atoms with Gasteiger partial charge in [-0.3, -0.25) is 9.59 Å². The van der Waals surface area contributed by atoms with Gasteiger partial charge in [-0.15, -0.1) is 0 Å². The number of alkyl carbamates (subject to hydrolysis) is 1. The fourth-order valence-electron chi connectivity index (χ4n) is 2.43. The maximum atomic E-state index is 11.9. The topological polar surface area (TPSA) is 95.9 Å². The second-order valence-electron chi connectivity index (χ2n) is 5.87. The molecule has 22 heavy (non-hydrogen) atoms. The van der Waals surface area contributed by atoms with Crippen molar-refractivity contribution < 1.29 is 24.2 Å². The summed E-state index contributed by atoms with van der Waals surface area (Å²) in [6, 6.07) is -0.638. The van der Waals surface area contributed by atoms with Crippen molar-refractivity contribution in [1.29, 1.82) is 0 Å². The minimum Gasteiger partial charge on any atom is -0.481 e. The molecule has 7 nitrogen and oxygen atoms in total. The third kappa shape index (κ3) is 6.78. The molecule has 2 atom stereocenters. The maximum absolute atomic E-state index is 11.9. The molecule has 1 aliphatic rings. The molecular formula is C15H26N2O5. The van der Waals surface area contributed by atoms with Gasteiger partial charge >= 0.3 is 12.1 Å². The molecular weight excluding hydrogens is 288 g/mol. The highest BCUT2D eigenvalue weighted by Gasteiger charge is 2.27. The highest BCUT2D eigenvalue weighted by molar-refractivity contribution is 5.77. The molecule has 0 aromatic carbocycles. The monoisotopic (exact) mass is 314 g/mol. The average molecular weight is 314 g/mol. The number of nitrogens with zero attached hydrogens (tertiary/aromatic N) is 1. The van der Waals surface area contributed by atoms with E-state index in [1.807, 2.05) is 6.92 Å². The van der Waals surface area contributed by atoms with Crippen molar-refractivity contribution in [2.45, 2.75) is 52.0 Å². The molecule has 2 N–H and O–H groups in total. The quantitative estimate of drug-likeness (QED) is 0.664. The second kappa shape index (κ2) is 9.27. The number of piperidine rings is 1. The van der Waals surface area contributed by atoms with Crippen LogP contribution in [0.2, 0.25) is 0 Å². The van der Waals surface area contributed by atoms with Crippen LogP contribution in [0.5, 0.6) is 0 Å². The molecule has 0 aromatic heterocycles. The standard InChI is InChI=1S/C15H26N2O5/c1-3-4-7-22-15(21)16-12(8-14(19)20)10-17-9-11(2)5-6-13(17)18/h11-12H,3-10H2,1-2H3,(H,16,21)(H,19,20)/t11-,12?/m0/s1. The third-order valence-electron chi connectivity index (χ3n) is 3.65. The van der Waals surface area contributed by atoms with E-state index in [1.165, 1.54) is 0 Å². The van der Waals surface area contributed by atoms with E-state index in [0.717, 1.165) is 19.3 Å². The van der Waals surface area contributed by atoms with Crippen LogP contribution in [-0.4, -0.2) is 53.7 Å². The number of hydrogen-bond acceptors (Lipinski definition) is 4. The number of carboxylic acids is 1. The maximum Gasteiger partial charge on any atom is 0.407 e. The number of aliphatic carboxylic acids is 1. The number of carbonyl (C=O) groups is 3. The Bertz CT molecular complexity index is 399. The lowest BCUT2D eigenvalue weighted by Crippen LogP contribution is -2.49. The van der Waals surface area contributed by atoms with E-state index < -0.39 is 18.1 Å². The number of unbranched alkanes of at least 4 members (excludes halogenated alkanes) is 1. The van der Waals surface area contributed by atoms with Crippen molar-refractivity contribution >= 4 is 18.0 Å². The first-order valence-corrected chi connectivity index (χ1v) is 7.85. The SMILES string of the molecule is CCCCOC(=O)NC(CC(=O)O)CN1C[C@@H](C)CCC1=O. The third-order valence-corrected chi connectivity index (χ3v) is 3.65. The fourth-order valence-corrected chi connectivity index (χ4v) is 2.43. The molecule has 1 fully saturated rings. The zero-order valence-electron chi connectivity index (χ0n) is 13.3. The van der Waals surface area contributed by atoms with Gasteiger partial charge in [0.25, 0.3) is 0 Å². The molecule has 1 saturated heterocycles. The molecule has 1 aliphatic heterocycles. The Kier molecular flexibility index (Phi) is 7.70. The van der Waals surface area contributed by atoms with Crippen LogP contribution in [0.15, 0.2) is 0 Å². The van der Waals surface area contributed by atoms with Crippen LogP contribution in [0.25, 0.3) is 0 Å². The van der Waals surface area contributed by atoms with Gasteiger partial charge in [0.2, 0.25) is 5.91 Å². The van der Waals surface area contributed by atoms with Crippen molar-refractivity contribution in [2.75, 3.05) is 19.7 Å². The minimum absolute atomic E-state index is 0.00893.